The zero-order valence-electron chi connectivity index (χ0n) is 12.0. The zero-order chi connectivity index (χ0) is 14.0. The normalized spacial score (nSPS) is 11.4. The van der Waals surface area contributed by atoms with Gasteiger partial charge in [-0.1, -0.05) is 13.3 Å². The summed E-state index contributed by atoms with van der Waals surface area (Å²) in [6.07, 6.45) is 2.25. The smallest absolute Gasteiger partial charge is 0.239 e. The molecule has 1 unspecified atom stereocenters. The van der Waals surface area contributed by atoms with E-state index in [0.29, 0.717) is 19.6 Å². The third-order valence-corrected chi connectivity index (χ3v) is 2.52. The third-order valence-electron chi connectivity index (χ3n) is 2.52. The number of nitrogens with two attached hydrogens (primary N) is 1. The first-order valence-electron chi connectivity index (χ1n) is 6.29. The molecule has 0 saturated heterocycles. The van der Waals surface area contributed by atoms with Crippen LogP contribution in [-0.2, 0) is 14.3 Å². The number of methoxy groups -OCH3 is 1. The van der Waals surface area contributed by atoms with E-state index in [0.717, 1.165) is 12.8 Å². The zero-order valence-corrected chi connectivity index (χ0v) is 12.8. The number of carbonyl (C=O) groups is 2. The van der Waals surface area contributed by atoms with E-state index in [1.807, 2.05) is 6.92 Å². The predicted octanol–water partition coefficient (Wildman–Crippen LogP) is 0.147. The largest absolute Gasteiger partial charge is 0.385 e. The molecule has 114 valence electrons. The number of halogens is 1. The maximum absolute atomic E-state index is 11.7. The van der Waals surface area contributed by atoms with Crippen LogP contribution in [0.25, 0.3) is 0 Å². The Labute approximate surface area is 121 Å². The van der Waals surface area contributed by atoms with Crippen molar-refractivity contribution in [3.63, 3.8) is 0 Å². The molecule has 0 rings (SSSR count). The van der Waals surface area contributed by atoms with E-state index in [1.165, 1.54) is 4.90 Å². The van der Waals surface area contributed by atoms with E-state index < -0.39 is 6.04 Å². The van der Waals surface area contributed by atoms with Crippen molar-refractivity contribution in [2.75, 3.05) is 33.9 Å². The third kappa shape index (κ3) is 9.69. The molecule has 0 spiro atoms. The average Bonchev–Trinajstić information content (AvgIpc) is 2.34. The van der Waals surface area contributed by atoms with Crippen LogP contribution in [0.1, 0.15) is 26.2 Å². The number of likely N-dealkylation sites (N-methyl/N-ethyl adjacent to an activating group) is 1. The van der Waals surface area contributed by atoms with E-state index >= 15 is 0 Å². The van der Waals surface area contributed by atoms with Gasteiger partial charge in [-0.15, -0.1) is 12.4 Å². The topological polar surface area (TPSA) is 84.7 Å². The predicted molar refractivity (Wildman–Crippen MR) is 77.3 cm³/mol. The van der Waals surface area contributed by atoms with Gasteiger partial charge in [0.05, 0.1) is 12.6 Å². The van der Waals surface area contributed by atoms with E-state index in [4.69, 9.17) is 10.5 Å². The van der Waals surface area contributed by atoms with Crippen molar-refractivity contribution in [1.29, 1.82) is 0 Å². The Balaban J connectivity index is 0. The molecule has 0 aliphatic heterocycles. The fraction of sp³-hybridized carbons (Fsp3) is 0.833. The quantitative estimate of drug-likeness (QED) is 0.593. The molecule has 0 aliphatic rings. The van der Waals surface area contributed by atoms with Crippen LogP contribution >= 0.6 is 12.4 Å². The van der Waals surface area contributed by atoms with Crippen LogP contribution in [0.4, 0.5) is 0 Å². The number of carbonyl (C=O) groups excluding carboxylic acids is 2. The molecule has 1 atom stereocenters. The Bertz CT molecular complexity index is 265. The standard InChI is InChI=1S/C12H25N3O3.ClH/c1-4-6-10(13)12(17)15(2)9-11(16)14-7-5-8-18-3;/h10H,4-9,13H2,1-3H3,(H,14,16);1H. The fourth-order valence-corrected chi connectivity index (χ4v) is 1.51. The van der Waals surface area contributed by atoms with Gasteiger partial charge in [-0.25, -0.2) is 0 Å². The monoisotopic (exact) mass is 295 g/mol. The van der Waals surface area contributed by atoms with Crippen molar-refractivity contribution in [2.24, 2.45) is 5.73 Å². The van der Waals surface area contributed by atoms with Gasteiger partial charge in [-0.2, -0.15) is 0 Å². The van der Waals surface area contributed by atoms with Crippen LogP contribution in [0.2, 0.25) is 0 Å². The number of rotatable bonds is 9. The molecule has 0 aromatic heterocycles. The molecule has 6 nitrogen and oxygen atoms in total. The summed E-state index contributed by atoms with van der Waals surface area (Å²) in [5.74, 6) is -0.366. The highest BCUT2D eigenvalue weighted by molar-refractivity contribution is 5.87. The van der Waals surface area contributed by atoms with Gasteiger partial charge in [0.15, 0.2) is 0 Å². The summed E-state index contributed by atoms with van der Waals surface area (Å²) >= 11 is 0. The molecule has 0 aliphatic carbocycles. The van der Waals surface area contributed by atoms with E-state index in [2.05, 4.69) is 5.32 Å². The maximum Gasteiger partial charge on any atom is 0.239 e. The number of hydrogen-bond donors (Lipinski definition) is 2. The van der Waals surface area contributed by atoms with Crippen molar-refractivity contribution in [3.05, 3.63) is 0 Å². The number of hydrogen-bond acceptors (Lipinski definition) is 4. The van der Waals surface area contributed by atoms with Crippen LogP contribution in [0.5, 0.6) is 0 Å². The molecule has 0 aromatic rings. The highest BCUT2D eigenvalue weighted by Crippen LogP contribution is 1.97. The Morgan fingerprint density at radius 2 is 2.05 bits per heavy atom. The van der Waals surface area contributed by atoms with Crippen molar-refractivity contribution < 1.29 is 14.3 Å². The van der Waals surface area contributed by atoms with E-state index in [9.17, 15) is 9.59 Å². The van der Waals surface area contributed by atoms with Crippen LogP contribution < -0.4 is 11.1 Å². The summed E-state index contributed by atoms with van der Waals surface area (Å²) in [7, 11) is 3.20. The lowest BCUT2D eigenvalue weighted by atomic mass is 10.1. The average molecular weight is 296 g/mol. The highest BCUT2D eigenvalue weighted by Gasteiger charge is 2.18. The summed E-state index contributed by atoms with van der Waals surface area (Å²) < 4.78 is 4.87. The summed E-state index contributed by atoms with van der Waals surface area (Å²) in [6, 6.07) is -0.513. The molecular weight excluding hydrogens is 270 g/mol. The molecular formula is C12H26ClN3O3. The van der Waals surface area contributed by atoms with Crippen molar-refractivity contribution in [1.82, 2.24) is 10.2 Å². The lowest BCUT2D eigenvalue weighted by Crippen LogP contribution is -2.46. The molecule has 7 heteroatoms. The van der Waals surface area contributed by atoms with E-state index in [-0.39, 0.29) is 30.8 Å². The second kappa shape index (κ2) is 12.2. The minimum absolute atomic E-state index is 0. The van der Waals surface area contributed by atoms with Gasteiger partial charge in [-0.3, -0.25) is 9.59 Å². The molecule has 2 amide bonds. The van der Waals surface area contributed by atoms with Crippen LogP contribution in [0, 0.1) is 0 Å². The number of ether oxygens (including phenoxy) is 1. The lowest BCUT2D eigenvalue weighted by molar-refractivity contribution is -0.135. The van der Waals surface area contributed by atoms with Crippen molar-refractivity contribution >= 4 is 24.2 Å². The molecule has 3 N–H and O–H groups in total. The molecule has 0 fully saturated rings. The first kappa shape index (κ1) is 20.5. The molecule has 19 heavy (non-hydrogen) atoms. The molecule has 0 heterocycles. The maximum atomic E-state index is 11.7. The second-order valence-corrected chi connectivity index (χ2v) is 4.29. The molecule has 0 aromatic carbocycles. The SMILES string of the molecule is CCCC(N)C(=O)N(C)CC(=O)NCCCOC.Cl. The van der Waals surface area contributed by atoms with Gasteiger partial charge in [-0.05, 0) is 12.8 Å². The van der Waals surface area contributed by atoms with Gasteiger partial charge in [0.2, 0.25) is 11.8 Å². The van der Waals surface area contributed by atoms with Crippen LogP contribution in [0.3, 0.4) is 0 Å². The van der Waals surface area contributed by atoms with Crippen LogP contribution in [0.15, 0.2) is 0 Å². The number of nitrogens with one attached hydrogen (secondary N) is 1. The Hall–Kier alpha value is -0.850. The minimum atomic E-state index is -0.513. The fourth-order valence-electron chi connectivity index (χ4n) is 1.51. The van der Waals surface area contributed by atoms with Crippen LogP contribution in [-0.4, -0.2) is 56.6 Å². The van der Waals surface area contributed by atoms with Crippen molar-refractivity contribution in [2.45, 2.75) is 32.2 Å². The molecule has 0 saturated carbocycles. The van der Waals surface area contributed by atoms with Gasteiger partial charge in [0.25, 0.3) is 0 Å². The molecule has 0 bridgehead atoms. The summed E-state index contributed by atoms with van der Waals surface area (Å²) in [5, 5.41) is 2.72. The number of amides is 2. The summed E-state index contributed by atoms with van der Waals surface area (Å²) in [4.78, 5) is 24.6. The Kier molecular flexibility index (Phi) is 13.1. The van der Waals surface area contributed by atoms with Gasteiger partial charge < -0.3 is 20.7 Å². The first-order chi connectivity index (χ1) is 8.52. The Morgan fingerprint density at radius 3 is 2.58 bits per heavy atom. The van der Waals surface area contributed by atoms with Gasteiger partial charge >= 0.3 is 0 Å². The van der Waals surface area contributed by atoms with Gasteiger partial charge in [0, 0.05) is 27.3 Å². The highest BCUT2D eigenvalue weighted by atomic mass is 35.5. The summed E-state index contributed by atoms with van der Waals surface area (Å²) in [6.45, 7) is 3.17. The molecule has 0 radical (unpaired) electrons. The van der Waals surface area contributed by atoms with Crippen molar-refractivity contribution in [3.8, 4) is 0 Å². The number of nitrogens with zero attached hydrogens (tertiary/aromatic N) is 1. The second-order valence-electron chi connectivity index (χ2n) is 4.29. The van der Waals surface area contributed by atoms with E-state index in [1.54, 1.807) is 14.2 Å². The lowest BCUT2D eigenvalue weighted by Gasteiger charge is -2.20. The summed E-state index contributed by atoms with van der Waals surface area (Å²) in [5.41, 5.74) is 5.70. The Morgan fingerprint density at radius 1 is 1.42 bits per heavy atom. The minimum Gasteiger partial charge on any atom is -0.385 e. The van der Waals surface area contributed by atoms with Gasteiger partial charge in [0.1, 0.15) is 0 Å². The first-order valence-corrected chi connectivity index (χ1v) is 6.29.